The molecular weight excluding hydrogens is 392 g/mol. The van der Waals surface area contributed by atoms with Crippen molar-refractivity contribution >= 4 is 10.2 Å². The van der Waals surface area contributed by atoms with Gasteiger partial charge in [-0.2, -0.15) is 12.7 Å². The molecule has 1 aromatic carbocycles. The molecule has 0 atom stereocenters. The Morgan fingerprint density at radius 3 is 2.41 bits per heavy atom. The van der Waals surface area contributed by atoms with Gasteiger partial charge in [0.05, 0.1) is 19.7 Å². The van der Waals surface area contributed by atoms with Crippen molar-refractivity contribution < 1.29 is 13.5 Å². The molecule has 0 aliphatic carbocycles. The average Bonchev–Trinajstić information content (AvgIpc) is 3.32. The third-order valence-electron chi connectivity index (χ3n) is 4.50. The van der Waals surface area contributed by atoms with Gasteiger partial charge in [0.1, 0.15) is 11.6 Å². The highest BCUT2D eigenvalue weighted by Gasteiger charge is 2.20. The summed E-state index contributed by atoms with van der Waals surface area (Å²) >= 11 is 0. The van der Waals surface area contributed by atoms with Crippen LogP contribution in [0.25, 0.3) is 0 Å². The van der Waals surface area contributed by atoms with Crippen molar-refractivity contribution in [3.63, 3.8) is 0 Å². The number of aliphatic hydroxyl groups excluding tert-OH is 1. The molecular formula is C19H26N6O3S. The van der Waals surface area contributed by atoms with Crippen LogP contribution in [-0.4, -0.2) is 62.8 Å². The smallest absolute Gasteiger partial charge is 0.308 e. The Hall–Kier alpha value is -2.53. The van der Waals surface area contributed by atoms with E-state index in [9.17, 15) is 8.42 Å². The number of aliphatic hydroxyl groups is 1. The third-order valence-corrected chi connectivity index (χ3v) is 6.25. The zero-order chi connectivity index (χ0) is 21.0. The van der Waals surface area contributed by atoms with Crippen LogP contribution < -0.4 is 0 Å². The average molecular weight is 419 g/mol. The van der Waals surface area contributed by atoms with Crippen LogP contribution in [0.1, 0.15) is 28.5 Å². The van der Waals surface area contributed by atoms with Gasteiger partial charge in [-0.3, -0.25) is 4.90 Å². The van der Waals surface area contributed by atoms with E-state index in [-0.39, 0.29) is 6.61 Å². The molecule has 0 unspecified atom stereocenters. The van der Waals surface area contributed by atoms with Crippen molar-refractivity contribution in [2.75, 3.05) is 21.1 Å². The van der Waals surface area contributed by atoms with E-state index in [1.807, 2.05) is 36.2 Å². The number of nitrogens with zero attached hydrogens (tertiary/aromatic N) is 5. The van der Waals surface area contributed by atoms with E-state index in [2.05, 4.69) is 15.0 Å². The molecule has 0 saturated carbocycles. The van der Waals surface area contributed by atoms with E-state index >= 15 is 0 Å². The summed E-state index contributed by atoms with van der Waals surface area (Å²) in [4.78, 5) is 13.9. The number of benzene rings is 1. The molecule has 0 spiro atoms. The van der Waals surface area contributed by atoms with Gasteiger partial charge in [-0.15, -0.1) is 0 Å². The van der Waals surface area contributed by atoms with Crippen molar-refractivity contribution in [2.24, 2.45) is 0 Å². The van der Waals surface area contributed by atoms with Crippen LogP contribution in [0.15, 0.2) is 42.9 Å². The van der Waals surface area contributed by atoms with Crippen LogP contribution in [0.3, 0.4) is 0 Å². The van der Waals surface area contributed by atoms with Crippen LogP contribution in [-0.2, 0) is 36.3 Å². The molecule has 0 aliphatic heterocycles. The molecule has 9 nitrogen and oxygen atoms in total. The lowest BCUT2D eigenvalue weighted by Crippen LogP contribution is -2.31. The highest BCUT2D eigenvalue weighted by molar-refractivity contribution is 7.87. The summed E-state index contributed by atoms with van der Waals surface area (Å²) in [5.41, 5.74) is 3.00. The minimum atomic E-state index is -3.60. The normalized spacial score (nSPS) is 12.2. The summed E-state index contributed by atoms with van der Waals surface area (Å²) in [5.74, 6) is 1.24. The monoisotopic (exact) mass is 418 g/mol. The topological polar surface area (TPSA) is 107 Å². The minimum Gasteiger partial charge on any atom is -0.392 e. The molecule has 2 aromatic heterocycles. The fourth-order valence-corrected chi connectivity index (χ4v) is 3.86. The second kappa shape index (κ2) is 8.87. The molecule has 2 N–H and O–H groups in total. The quantitative estimate of drug-likeness (QED) is 0.536. The highest BCUT2D eigenvalue weighted by Crippen LogP contribution is 2.12. The number of rotatable bonds is 9. The Morgan fingerprint density at radius 2 is 1.76 bits per heavy atom. The van der Waals surface area contributed by atoms with Gasteiger partial charge in [-0.25, -0.2) is 13.9 Å². The van der Waals surface area contributed by atoms with Crippen molar-refractivity contribution in [2.45, 2.75) is 26.1 Å². The molecule has 156 valence electrons. The Labute approximate surface area is 170 Å². The van der Waals surface area contributed by atoms with E-state index in [4.69, 9.17) is 5.11 Å². The summed E-state index contributed by atoms with van der Waals surface area (Å²) in [5, 5.41) is 9.12. The minimum absolute atomic E-state index is 0.0366. The fraction of sp³-hybridized carbons (Fsp3) is 0.368. The number of aromatic nitrogens is 4. The van der Waals surface area contributed by atoms with Crippen molar-refractivity contribution in [1.29, 1.82) is 0 Å². The summed E-state index contributed by atoms with van der Waals surface area (Å²) < 4.78 is 27.1. The van der Waals surface area contributed by atoms with E-state index in [1.165, 1.54) is 30.5 Å². The van der Waals surface area contributed by atoms with Gasteiger partial charge in [0.25, 0.3) is 0 Å². The zero-order valence-corrected chi connectivity index (χ0v) is 17.6. The summed E-state index contributed by atoms with van der Waals surface area (Å²) in [6.45, 7) is 0.923. The van der Waals surface area contributed by atoms with Gasteiger partial charge in [-0.1, -0.05) is 24.3 Å². The Kier molecular flexibility index (Phi) is 6.48. The second-order valence-corrected chi connectivity index (χ2v) is 9.13. The predicted octanol–water partition coefficient (Wildman–Crippen LogP) is 0.976. The molecule has 0 bridgehead atoms. The molecule has 0 fully saturated rings. The molecule has 3 aromatic rings. The first kappa shape index (κ1) is 21.2. The molecule has 3 rings (SSSR count). The maximum atomic E-state index is 12.4. The lowest BCUT2D eigenvalue weighted by atomic mass is 10.1. The number of H-pyrrole nitrogens is 1. The maximum absolute atomic E-state index is 12.4. The van der Waals surface area contributed by atoms with Crippen LogP contribution in [0.4, 0.5) is 0 Å². The first-order valence-electron chi connectivity index (χ1n) is 9.15. The molecule has 29 heavy (non-hydrogen) atoms. The SMILES string of the molecule is CN(Cc1ncc(Cc2ccc(CO)cc2)[nH]1)Cc1nccn1S(=O)(=O)N(C)C. The summed E-state index contributed by atoms with van der Waals surface area (Å²) in [6, 6.07) is 7.79. The molecule has 10 heteroatoms. The van der Waals surface area contributed by atoms with Crippen LogP contribution in [0.2, 0.25) is 0 Å². The lowest BCUT2D eigenvalue weighted by Gasteiger charge is -2.18. The predicted molar refractivity (Wildman–Crippen MR) is 109 cm³/mol. The number of hydrogen-bond donors (Lipinski definition) is 2. The van der Waals surface area contributed by atoms with E-state index < -0.39 is 10.2 Å². The highest BCUT2D eigenvalue weighted by atomic mass is 32.2. The number of nitrogens with one attached hydrogen (secondary N) is 1. The summed E-state index contributed by atoms with van der Waals surface area (Å²) in [7, 11) is 1.27. The summed E-state index contributed by atoms with van der Waals surface area (Å²) in [6.07, 6.45) is 5.46. The number of imidazole rings is 2. The van der Waals surface area contributed by atoms with Gasteiger partial charge >= 0.3 is 10.2 Å². The molecule has 0 amide bonds. The van der Waals surface area contributed by atoms with Gasteiger partial charge in [0, 0.05) is 44.8 Å². The molecule has 0 radical (unpaired) electrons. The molecule has 0 aliphatic rings. The first-order valence-corrected chi connectivity index (χ1v) is 10.5. The lowest BCUT2D eigenvalue weighted by molar-refractivity contribution is 0.282. The molecule has 0 saturated heterocycles. The number of hydrogen-bond acceptors (Lipinski definition) is 6. The maximum Gasteiger partial charge on any atom is 0.308 e. The van der Waals surface area contributed by atoms with Gasteiger partial charge in [-0.05, 0) is 18.2 Å². The van der Waals surface area contributed by atoms with Crippen molar-refractivity contribution in [1.82, 2.24) is 28.1 Å². The van der Waals surface area contributed by atoms with E-state index in [0.29, 0.717) is 25.3 Å². The van der Waals surface area contributed by atoms with Crippen molar-refractivity contribution in [3.05, 3.63) is 71.3 Å². The van der Waals surface area contributed by atoms with Gasteiger partial charge < -0.3 is 10.1 Å². The van der Waals surface area contributed by atoms with Gasteiger partial charge in [0.2, 0.25) is 0 Å². The van der Waals surface area contributed by atoms with E-state index in [1.54, 1.807) is 6.20 Å². The van der Waals surface area contributed by atoms with Crippen LogP contribution >= 0.6 is 0 Å². The fourth-order valence-electron chi connectivity index (χ4n) is 2.93. The standard InChI is InChI=1S/C19H26N6O3S/c1-23(2)29(27,28)25-9-8-20-19(25)13-24(3)12-18-21-11-17(22-18)10-15-4-6-16(14-26)7-5-15/h4-9,11,26H,10,12-14H2,1-3H3,(H,21,22). The second-order valence-electron chi connectivity index (χ2n) is 7.11. The van der Waals surface area contributed by atoms with Gasteiger partial charge in [0.15, 0.2) is 0 Å². The third kappa shape index (κ3) is 5.10. The Balaban J connectivity index is 1.62. The Bertz CT molecular complexity index is 1040. The Morgan fingerprint density at radius 1 is 1.07 bits per heavy atom. The number of aromatic amines is 1. The largest absolute Gasteiger partial charge is 0.392 e. The van der Waals surface area contributed by atoms with Crippen molar-refractivity contribution in [3.8, 4) is 0 Å². The zero-order valence-electron chi connectivity index (χ0n) is 16.8. The molecule has 2 heterocycles. The van der Waals surface area contributed by atoms with E-state index in [0.717, 1.165) is 27.0 Å². The van der Waals surface area contributed by atoms with Crippen LogP contribution in [0, 0.1) is 0 Å². The van der Waals surface area contributed by atoms with Crippen LogP contribution in [0.5, 0.6) is 0 Å². The first-order chi connectivity index (χ1) is 13.8.